The number of imide groups is 1. The SMILES string of the molecule is COC(OC)C1CC2(CCN(c3ccc(N4CCC(=O)NC4=O)cc3)CC2)C1. The zero-order valence-electron chi connectivity index (χ0n) is 16.6. The molecular formula is C21H29N3O4. The van der Waals surface area contributed by atoms with Crippen LogP contribution >= 0.6 is 0 Å². The van der Waals surface area contributed by atoms with Crippen LogP contribution in [0.25, 0.3) is 0 Å². The maximum Gasteiger partial charge on any atom is 0.328 e. The Hall–Kier alpha value is -2.12. The summed E-state index contributed by atoms with van der Waals surface area (Å²) in [5.74, 6) is 0.309. The fourth-order valence-corrected chi connectivity index (χ4v) is 5.03. The Morgan fingerprint density at radius 1 is 1.00 bits per heavy atom. The number of amides is 3. The first-order chi connectivity index (χ1) is 13.5. The van der Waals surface area contributed by atoms with Crippen LogP contribution in [-0.2, 0) is 14.3 Å². The van der Waals surface area contributed by atoms with Crippen molar-refractivity contribution in [2.45, 2.75) is 38.4 Å². The van der Waals surface area contributed by atoms with Crippen LogP contribution in [0.4, 0.5) is 16.2 Å². The summed E-state index contributed by atoms with van der Waals surface area (Å²) in [6, 6.07) is 7.75. The summed E-state index contributed by atoms with van der Waals surface area (Å²) in [4.78, 5) is 27.3. The van der Waals surface area contributed by atoms with E-state index in [-0.39, 0.29) is 18.2 Å². The zero-order valence-corrected chi connectivity index (χ0v) is 16.6. The molecule has 0 bridgehead atoms. The lowest BCUT2D eigenvalue weighted by Gasteiger charge is -2.54. The predicted molar refractivity (Wildman–Crippen MR) is 106 cm³/mol. The van der Waals surface area contributed by atoms with Crippen molar-refractivity contribution in [3.63, 3.8) is 0 Å². The molecule has 7 nitrogen and oxygen atoms in total. The Labute approximate surface area is 166 Å². The number of carbonyl (C=O) groups is 2. The summed E-state index contributed by atoms with van der Waals surface area (Å²) < 4.78 is 10.8. The first kappa shape index (κ1) is 19.2. The van der Waals surface area contributed by atoms with Gasteiger partial charge in [-0.25, -0.2) is 4.79 Å². The number of methoxy groups -OCH3 is 2. The van der Waals surface area contributed by atoms with Gasteiger partial charge in [0, 0.05) is 57.6 Å². The Bertz CT molecular complexity index is 716. The third kappa shape index (κ3) is 3.61. The maximum absolute atomic E-state index is 12.0. The number of ether oxygens (including phenoxy) is 2. The van der Waals surface area contributed by atoms with E-state index in [0.29, 0.717) is 24.3 Å². The van der Waals surface area contributed by atoms with Gasteiger partial charge in [-0.3, -0.25) is 15.0 Å². The van der Waals surface area contributed by atoms with E-state index in [1.807, 2.05) is 12.1 Å². The van der Waals surface area contributed by atoms with Gasteiger partial charge in [0.15, 0.2) is 6.29 Å². The molecule has 7 heteroatoms. The van der Waals surface area contributed by atoms with E-state index >= 15 is 0 Å². The van der Waals surface area contributed by atoms with Crippen LogP contribution in [0.15, 0.2) is 24.3 Å². The Balaban J connectivity index is 1.32. The van der Waals surface area contributed by atoms with Gasteiger partial charge in [-0.15, -0.1) is 0 Å². The molecule has 0 unspecified atom stereocenters. The molecule has 2 aliphatic heterocycles. The number of benzene rings is 1. The molecule has 3 aliphatic rings. The summed E-state index contributed by atoms with van der Waals surface area (Å²) in [5.41, 5.74) is 2.47. The smallest absolute Gasteiger partial charge is 0.328 e. The standard InChI is InChI=1S/C21H29N3O4/c1-27-19(28-2)15-13-21(14-15)8-11-23(12-9-21)16-3-5-17(6-4-16)24-10-7-18(25)22-20(24)26/h3-6,15,19H,7-14H2,1-2H3,(H,22,25,26). The molecule has 1 aliphatic carbocycles. The number of carbonyl (C=O) groups excluding carboxylic acids is 2. The van der Waals surface area contributed by atoms with Crippen molar-refractivity contribution in [1.82, 2.24) is 5.32 Å². The van der Waals surface area contributed by atoms with Crippen LogP contribution < -0.4 is 15.1 Å². The molecule has 1 spiro atoms. The first-order valence-electron chi connectivity index (χ1n) is 10.1. The summed E-state index contributed by atoms with van der Waals surface area (Å²) in [6.07, 6.45) is 5.04. The van der Waals surface area contributed by atoms with E-state index < -0.39 is 0 Å². The van der Waals surface area contributed by atoms with Gasteiger partial charge < -0.3 is 14.4 Å². The van der Waals surface area contributed by atoms with Crippen LogP contribution in [0.5, 0.6) is 0 Å². The molecule has 2 heterocycles. The Kier molecular flexibility index (Phi) is 5.29. The van der Waals surface area contributed by atoms with Gasteiger partial charge >= 0.3 is 6.03 Å². The molecule has 0 radical (unpaired) electrons. The molecule has 1 aromatic rings. The van der Waals surface area contributed by atoms with Gasteiger partial charge in [-0.2, -0.15) is 0 Å². The van der Waals surface area contributed by atoms with Crippen LogP contribution in [0, 0.1) is 11.3 Å². The van der Waals surface area contributed by atoms with Crippen LogP contribution in [0.3, 0.4) is 0 Å². The molecule has 28 heavy (non-hydrogen) atoms. The second-order valence-corrected chi connectivity index (χ2v) is 8.27. The Morgan fingerprint density at radius 3 is 2.18 bits per heavy atom. The molecule has 4 rings (SSSR count). The van der Waals surface area contributed by atoms with Gasteiger partial charge in [-0.05, 0) is 55.4 Å². The van der Waals surface area contributed by atoms with E-state index in [2.05, 4.69) is 22.3 Å². The normalized spacial score (nSPS) is 22.5. The number of nitrogens with zero attached hydrogens (tertiary/aromatic N) is 2. The number of nitrogens with one attached hydrogen (secondary N) is 1. The average molecular weight is 387 g/mol. The quantitative estimate of drug-likeness (QED) is 0.787. The zero-order chi connectivity index (χ0) is 19.7. The highest BCUT2D eigenvalue weighted by Gasteiger charge is 2.48. The maximum atomic E-state index is 12.0. The van der Waals surface area contributed by atoms with Gasteiger partial charge in [-0.1, -0.05) is 0 Å². The molecule has 1 aromatic carbocycles. The fourth-order valence-electron chi connectivity index (χ4n) is 5.03. The van der Waals surface area contributed by atoms with Crippen molar-refractivity contribution in [2.75, 3.05) is 43.7 Å². The van der Waals surface area contributed by atoms with E-state index in [4.69, 9.17) is 9.47 Å². The highest BCUT2D eigenvalue weighted by atomic mass is 16.7. The summed E-state index contributed by atoms with van der Waals surface area (Å²) >= 11 is 0. The summed E-state index contributed by atoms with van der Waals surface area (Å²) in [7, 11) is 3.44. The van der Waals surface area contributed by atoms with Gasteiger partial charge in [0.05, 0.1) is 0 Å². The number of hydrogen-bond acceptors (Lipinski definition) is 5. The minimum atomic E-state index is -0.339. The summed E-state index contributed by atoms with van der Waals surface area (Å²) in [5, 5.41) is 2.37. The highest BCUT2D eigenvalue weighted by molar-refractivity contribution is 6.05. The number of rotatable bonds is 5. The lowest BCUT2D eigenvalue weighted by atomic mass is 9.57. The van der Waals surface area contributed by atoms with Gasteiger partial charge in [0.1, 0.15) is 0 Å². The molecule has 3 fully saturated rings. The molecule has 0 aromatic heterocycles. The van der Waals surface area contributed by atoms with Gasteiger partial charge in [0.25, 0.3) is 0 Å². The van der Waals surface area contributed by atoms with E-state index in [1.54, 1.807) is 19.1 Å². The highest BCUT2D eigenvalue weighted by Crippen LogP contribution is 2.54. The number of piperidine rings is 1. The average Bonchev–Trinajstić information content (AvgIpc) is 2.68. The number of hydrogen-bond donors (Lipinski definition) is 1. The molecular weight excluding hydrogens is 358 g/mol. The van der Waals surface area contributed by atoms with E-state index in [0.717, 1.165) is 18.8 Å². The van der Waals surface area contributed by atoms with Crippen molar-refractivity contribution in [2.24, 2.45) is 11.3 Å². The Morgan fingerprint density at radius 2 is 1.61 bits per heavy atom. The second-order valence-electron chi connectivity index (χ2n) is 8.27. The van der Waals surface area contributed by atoms with Crippen LogP contribution in [-0.4, -0.2) is 52.1 Å². The topological polar surface area (TPSA) is 71.1 Å². The monoisotopic (exact) mass is 387 g/mol. The fraction of sp³-hybridized carbons (Fsp3) is 0.619. The van der Waals surface area contributed by atoms with Crippen LogP contribution in [0.2, 0.25) is 0 Å². The lowest BCUT2D eigenvalue weighted by Crippen LogP contribution is -2.50. The molecule has 3 amide bonds. The molecule has 1 saturated carbocycles. The van der Waals surface area contributed by atoms with Crippen molar-refractivity contribution in [3.8, 4) is 0 Å². The molecule has 1 N–H and O–H groups in total. The van der Waals surface area contributed by atoms with E-state index in [1.165, 1.54) is 31.4 Å². The lowest BCUT2D eigenvalue weighted by molar-refractivity contribution is -0.184. The van der Waals surface area contributed by atoms with Gasteiger partial charge in [0.2, 0.25) is 5.91 Å². The molecule has 152 valence electrons. The van der Waals surface area contributed by atoms with Crippen molar-refractivity contribution in [1.29, 1.82) is 0 Å². The van der Waals surface area contributed by atoms with Crippen molar-refractivity contribution < 1.29 is 19.1 Å². The number of anilines is 2. The molecule has 0 atom stereocenters. The van der Waals surface area contributed by atoms with Crippen LogP contribution in [0.1, 0.15) is 32.1 Å². The minimum absolute atomic E-state index is 0.0709. The molecule has 2 saturated heterocycles. The van der Waals surface area contributed by atoms with Crippen molar-refractivity contribution in [3.05, 3.63) is 24.3 Å². The van der Waals surface area contributed by atoms with Crippen molar-refractivity contribution >= 4 is 23.3 Å². The number of urea groups is 1. The second kappa shape index (κ2) is 7.72. The first-order valence-corrected chi connectivity index (χ1v) is 10.1. The third-order valence-corrected chi connectivity index (χ3v) is 6.64. The minimum Gasteiger partial charge on any atom is -0.371 e. The third-order valence-electron chi connectivity index (χ3n) is 6.64. The van der Waals surface area contributed by atoms with E-state index in [9.17, 15) is 9.59 Å². The predicted octanol–water partition coefficient (Wildman–Crippen LogP) is 2.75. The largest absolute Gasteiger partial charge is 0.371 e. The summed E-state index contributed by atoms with van der Waals surface area (Å²) in [6.45, 7) is 2.53.